The van der Waals surface area contributed by atoms with Crippen molar-refractivity contribution in [3.8, 4) is 11.1 Å². The summed E-state index contributed by atoms with van der Waals surface area (Å²) in [5, 5.41) is 4.03. The van der Waals surface area contributed by atoms with Gasteiger partial charge in [0.15, 0.2) is 11.6 Å². The number of rotatable bonds is 8. The Kier molecular flexibility index (Phi) is 7.74. The highest BCUT2D eigenvalue weighted by Gasteiger charge is 2.45. The second-order valence-corrected chi connectivity index (χ2v) is 14.1. The average molecular weight is 685 g/mol. The molecule has 0 heterocycles. The van der Waals surface area contributed by atoms with E-state index in [1.54, 1.807) is 0 Å². The number of fused-ring (bicyclic) bond motifs is 5. The van der Waals surface area contributed by atoms with E-state index < -0.39 is 5.41 Å². The standard InChI is InChI=1S/C49H36N2O2/c50-41-23-17-33-13-15-35(27-37(33)29-41)47(52)25-31-9-19-39(20-10-31)49(45-7-3-1-5-43(45)44-6-2-4-8-46(44)49)40-21-11-32(12-22-40)26-48(53)36-16-14-34-18-24-42(51)30-38(34)28-36/h1-24,27-30H,25-26,50-51H2. The number of hydrogen-bond donors (Lipinski definition) is 2. The molecule has 0 amide bonds. The van der Waals surface area contributed by atoms with Crippen LogP contribution in [0.25, 0.3) is 32.7 Å². The van der Waals surface area contributed by atoms with Crippen molar-refractivity contribution in [1.82, 2.24) is 0 Å². The van der Waals surface area contributed by atoms with Crippen LogP contribution < -0.4 is 11.5 Å². The smallest absolute Gasteiger partial charge is 0.167 e. The molecule has 0 spiro atoms. The van der Waals surface area contributed by atoms with Gasteiger partial charge in [-0.15, -0.1) is 0 Å². The van der Waals surface area contributed by atoms with E-state index >= 15 is 0 Å². The summed E-state index contributed by atoms with van der Waals surface area (Å²) in [7, 11) is 0. The Hall–Kier alpha value is -6.78. The molecule has 0 radical (unpaired) electrons. The van der Waals surface area contributed by atoms with E-state index in [9.17, 15) is 9.59 Å². The summed E-state index contributed by atoms with van der Waals surface area (Å²) in [6.07, 6.45) is 0.586. The van der Waals surface area contributed by atoms with Crippen LogP contribution in [-0.2, 0) is 18.3 Å². The average Bonchev–Trinajstić information content (AvgIpc) is 3.49. The van der Waals surface area contributed by atoms with E-state index in [0.717, 1.165) is 43.8 Å². The van der Waals surface area contributed by atoms with Gasteiger partial charge in [0.1, 0.15) is 0 Å². The lowest BCUT2D eigenvalue weighted by Gasteiger charge is -2.34. The van der Waals surface area contributed by atoms with Gasteiger partial charge in [0, 0.05) is 35.3 Å². The second kappa shape index (κ2) is 12.8. The van der Waals surface area contributed by atoms with Gasteiger partial charge in [-0.3, -0.25) is 9.59 Å². The van der Waals surface area contributed by atoms with Gasteiger partial charge in [0.05, 0.1) is 5.41 Å². The van der Waals surface area contributed by atoms with E-state index in [1.165, 1.54) is 22.3 Å². The van der Waals surface area contributed by atoms with E-state index in [-0.39, 0.29) is 11.6 Å². The molecule has 8 aromatic carbocycles. The normalized spacial score (nSPS) is 12.8. The molecule has 0 aliphatic heterocycles. The van der Waals surface area contributed by atoms with Crippen LogP contribution in [0.3, 0.4) is 0 Å². The largest absolute Gasteiger partial charge is 0.399 e. The van der Waals surface area contributed by atoms with Crippen molar-refractivity contribution < 1.29 is 9.59 Å². The Balaban J connectivity index is 1.06. The van der Waals surface area contributed by atoms with Gasteiger partial charge in [0.2, 0.25) is 0 Å². The first-order valence-corrected chi connectivity index (χ1v) is 17.9. The van der Waals surface area contributed by atoms with E-state index in [4.69, 9.17) is 11.5 Å². The lowest BCUT2D eigenvalue weighted by molar-refractivity contribution is 0.0985. The predicted octanol–water partition coefficient (Wildman–Crippen LogP) is 10.4. The van der Waals surface area contributed by atoms with Crippen molar-refractivity contribution in [2.75, 3.05) is 11.5 Å². The number of anilines is 2. The van der Waals surface area contributed by atoms with Crippen molar-refractivity contribution in [2.24, 2.45) is 0 Å². The molecule has 0 fully saturated rings. The molecule has 0 aromatic heterocycles. The van der Waals surface area contributed by atoms with E-state index in [0.29, 0.717) is 35.3 Å². The lowest BCUT2D eigenvalue weighted by atomic mass is 9.67. The summed E-state index contributed by atoms with van der Waals surface area (Å²) in [6.45, 7) is 0. The summed E-state index contributed by atoms with van der Waals surface area (Å²) in [5.41, 5.74) is 23.1. The fourth-order valence-electron chi connectivity index (χ4n) is 8.22. The molecule has 4 heteroatoms. The van der Waals surface area contributed by atoms with Crippen molar-refractivity contribution in [2.45, 2.75) is 18.3 Å². The Morgan fingerprint density at radius 1 is 0.415 bits per heavy atom. The number of ketones is 2. The Morgan fingerprint density at radius 3 is 1.25 bits per heavy atom. The Bertz CT molecular complexity index is 2540. The highest BCUT2D eigenvalue weighted by atomic mass is 16.1. The van der Waals surface area contributed by atoms with E-state index in [1.807, 2.05) is 72.8 Å². The number of hydrogen-bond acceptors (Lipinski definition) is 4. The zero-order chi connectivity index (χ0) is 36.1. The van der Waals surface area contributed by atoms with E-state index in [2.05, 4.69) is 97.1 Å². The molecule has 8 aromatic rings. The zero-order valence-electron chi connectivity index (χ0n) is 29.1. The van der Waals surface area contributed by atoms with Crippen molar-refractivity contribution in [3.63, 3.8) is 0 Å². The van der Waals surface area contributed by atoms with Gasteiger partial charge in [-0.2, -0.15) is 0 Å². The molecule has 1 aliphatic carbocycles. The van der Waals surface area contributed by atoms with Gasteiger partial charge >= 0.3 is 0 Å². The van der Waals surface area contributed by atoms with Crippen LogP contribution in [0.2, 0.25) is 0 Å². The van der Waals surface area contributed by atoms with Gasteiger partial charge in [-0.05, 0) is 102 Å². The monoisotopic (exact) mass is 684 g/mol. The molecule has 0 atom stereocenters. The van der Waals surface area contributed by atoms with Crippen molar-refractivity contribution >= 4 is 44.5 Å². The molecule has 0 saturated carbocycles. The minimum atomic E-state index is -0.588. The van der Waals surface area contributed by atoms with Crippen LogP contribution >= 0.6 is 0 Å². The third kappa shape index (κ3) is 5.56. The Labute approximate surface area is 308 Å². The second-order valence-electron chi connectivity index (χ2n) is 14.1. The number of carbonyl (C=O) groups excluding carboxylic acids is 2. The van der Waals surface area contributed by atoms with Crippen molar-refractivity contribution in [3.05, 3.63) is 214 Å². The summed E-state index contributed by atoms with van der Waals surface area (Å²) in [5.74, 6) is 0.123. The quantitative estimate of drug-likeness (QED) is 0.123. The first kappa shape index (κ1) is 32.1. The summed E-state index contributed by atoms with van der Waals surface area (Å²) in [4.78, 5) is 27.0. The van der Waals surface area contributed by atoms with Crippen LogP contribution in [0, 0.1) is 0 Å². The molecule has 4 N–H and O–H groups in total. The number of nitrogen functional groups attached to an aromatic ring is 2. The van der Waals surface area contributed by atoms with Crippen LogP contribution in [0.1, 0.15) is 54.1 Å². The topological polar surface area (TPSA) is 86.2 Å². The SMILES string of the molecule is Nc1ccc2ccc(C(=O)Cc3ccc(C4(c5ccc(CC(=O)c6ccc7ccc(N)cc7c6)cc5)c5ccccc5-c5ccccc54)cc3)cc2c1. The maximum Gasteiger partial charge on any atom is 0.167 e. The van der Waals surface area contributed by atoms with Crippen LogP contribution in [0.15, 0.2) is 170 Å². The van der Waals surface area contributed by atoms with Gasteiger partial charge in [0.25, 0.3) is 0 Å². The predicted molar refractivity (Wildman–Crippen MR) is 217 cm³/mol. The first-order valence-electron chi connectivity index (χ1n) is 17.9. The minimum absolute atomic E-state index is 0.0614. The maximum atomic E-state index is 13.5. The van der Waals surface area contributed by atoms with Crippen molar-refractivity contribution in [1.29, 1.82) is 0 Å². The molecule has 4 nitrogen and oxygen atoms in total. The van der Waals surface area contributed by atoms with Crippen LogP contribution in [0.5, 0.6) is 0 Å². The maximum absolute atomic E-state index is 13.5. The Morgan fingerprint density at radius 2 is 0.811 bits per heavy atom. The summed E-state index contributed by atoms with van der Waals surface area (Å²) in [6, 6.07) is 57.4. The van der Waals surface area contributed by atoms with Gasteiger partial charge < -0.3 is 11.5 Å². The zero-order valence-corrected chi connectivity index (χ0v) is 29.1. The summed E-state index contributed by atoms with van der Waals surface area (Å²) < 4.78 is 0. The fourth-order valence-corrected chi connectivity index (χ4v) is 8.22. The molecule has 0 bridgehead atoms. The van der Waals surface area contributed by atoms with Gasteiger partial charge in [-0.25, -0.2) is 0 Å². The third-order valence-corrected chi connectivity index (χ3v) is 10.8. The number of nitrogens with two attached hydrogens (primary N) is 2. The van der Waals surface area contributed by atoms with Crippen LogP contribution in [-0.4, -0.2) is 11.6 Å². The number of Topliss-reactive ketones (excluding diaryl/α,β-unsaturated/α-hetero) is 2. The fraction of sp³-hybridized carbons (Fsp3) is 0.0612. The summed E-state index contributed by atoms with van der Waals surface area (Å²) >= 11 is 0. The van der Waals surface area contributed by atoms with Crippen LogP contribution in [0.4, 0.5) is 11.4 Å². The lowest BCUT2D eigenvalue weighted by Crippen LogP contribution is -2.28. The molecule has 1 aliphatic rings. The molecule has 9 rings (SSSR count). The minimum Gasteiger partial charge on any atom is -0.399 e. The molecule has 254 valence electrons. The highest BCUT2D eigenvalue weighted by molar-refractivity contribution is 6.02. The number of carbonyl (C=O) groups is 2. The third-order valence-electron chi connectivity index (χ3n) is 10.8. The molecule has 53 heavy (non-hydrogen) atoms. The first-order chi connectivity index (χ1) is 25.9. The molecular weight excluding hydrogens is 649 g/mol. The molecule has 0 saturated heterocycles. The van der Waals surface area contributed by atoms with Gasteiger partial charge in [-0.1, -0.05) is 133 Å². The molecular formula is C49H36N2O2. The highest BCUT2D eigenvalue weighted by Crippen LogP contribution is 2.56. The molecule has 0 unspecified atom stereocenters. The number of benzene rings is 8.